The van der Waals surface area contributed by atoms with E-state index in [0.29, 0.717) is 0 Å². The van der Waals surface area contributed by atoms with Crippen molar-refractivity contribution in [1.82, 2.24) is 0 Å². The van der Waals surface area contributed by atoms with E-state index >= 15 is 0 Å². The van der Waals surface area contributed by atoms with Gasteiger partial charge in [0.1, 0.15) is 0 Å². The van der Waals surface area contributed by atoms with Crippen LogP contribution in [0.2, 0.25) is 0 Å². The van der Waals surface area contributed by atoms with Crippen LogP contribution in [0.3, 0.4) is 0 Å². The quantitative estimate of drug-likeness (QED) is 0.172. The van der Waals surface area contributed by atoms with Gasteiger partial charge >= 0.3 is 0 Å². The largest absolute Gasteiger partial charge is 0.0949 e. The lowest BCUT2D eigenvalue weighted by molar-refractivity contribution is 1.40. The van der Waals surface area contributed by atoms with Gasteiger partial charge in [0, 0.05) is 4.90 Å². The number of benzene rings is 2. The number of rotatable bonds is 9. The van der Waals surface area contributed by atoms with Crippen molar-refractivity contribution in [2.24, 2.45) is 0 Å². The summed E-state index contributed by atoms with van der Waals surface area (Å²) in [7, 11) is -0.315. The fourth-order valence-corrected chi connectivity index (χ4v) is 8.79. The van der Waals surface area contributed by atoms with Crippen molar-refractivity contribution < 1.29 is 0 Å². The minimum Gasteiger partial charge on any atom is -0.0949 e. The van der Waals surface area contributed by atoms with E-state index in [-0.39, 0.29) is 7.92 Å². The third-order valence-electron chi connectivity index (χ3n) is 5.76. The molecule has 2 unspecified atom stereocenters. The van der Waals surface area contributed by atoms with Crippen LogP contribution in [0.4, 0.5) is 0 Å². The molecular formula is C34H42P2S. The Morgan fingerprint density at radius 1 is 0.919 bits per heavy atom. The van der Waals surface area contributed by atoms with E-state index in [0.717, 1.165) is 6.42 Å². The van der Waals surface area contributed by atoms with Gasteiger partial charge in [-0.1, -0.05) is 141 Å². The Bertz CT molecular complexity index is 1240. The summed E-state index contributed by atoms with van der Waals surface area (Å²) in [6, 6.07) is 19.9. The lowest BCUT2D eigenvalue weighted by Crippen LogP contribution is -2.09. The Hall–Kier alpha value is -2.30. The van der Waals surface area contributed by atoms with Gasteiger partial charge in [0.2, 0.25) is 0 Å². The normalized spacial score (nSPS) is 16.6. The number of hydrogen-bond acceptors (Lipinski definition) is 1. The van der Waals surface area contributed by atoms with Crippen LogP contribution in [0.15, 0.2) is 142 Å². The van der Waals surface area contributed by atoms with Crippen LogP contribution in [0, 0.1) is 0 Å². The van der Waals surface area contributed by atoms with Crippen LogP contribution in [0.25, 0.3) is 0 Å². The molecule has 0 heterocycles. The van der Waals surface area contributed by atoms with Crippen molar-refractivity contribution in [3.63, 3.8) is 0 Å². The topological polar surface area (TPSA) is 0 Å². The summed E-state index contributed by atoms with van der Waals surface area (Å²) in [5, 5.41) is 5.40. The lowest BCUT2D eigenvalue weighted by Gasteiger charge is -2.24. The summed E-state index contributed by atoms with van der Waals surface area (Å²) in [4.78, 5) is 2.53. The van der Waals surface area contributed by atoms with Crippen molar-refractivity contribution >= 4 is 43.5 Å². The zero-order valence-electron chi connectivity index (χ0n) is 23.3. The maximum Gasteiger partial charge on any atom is 0.0119 e. The van der Waals surface area contributed by atoms with Crippen LogP contribution in [0.1, 0.15) is 41.0 Å². The molecule has 0 N–H and O–H groups in total. The highest BCUT2D eigenvalue weighted by molar-refractivity contribution is 8.03. The maximum atomic E-state index is 4.77. The van der Waals surface area contributed by atoms with E-state index in [1.54, 1.807) is 0 Å². The molecule has 1 aliphatic carbocycles. The SMILES string of the molecule is C=P(/C=C/C)(C1=CC=CCC=C1)C(/C=C\C)=C/C=C(\C)Sc1ccc(P(C)c2ccccc2)cc1.CC. The highest BCUT2D eigenvalue weighted by atomic mass is 32.2. The molecule has 2 aromatic rings. The summed E-state index contributed by atoms with van der Waals surface area (Å²) in [6.45, 7) is 10.8. The molecule has 2 atom stereocenters. The molecule has 0 aromatic heterocycles. The predicted molar refractivity (Wildman–Crippen MR) is 179 cm³/mol. The number of hydrogen-bond donors (Lipinski definition) is 0. The monoisotopic (exact) mass is 544 g/mol. The molecular weight excluding hydrogens is 502 g/mol. The molecule has 3 heteroatoms. The second-order valence-corrected chi connectivity index (χ2v) is 14.9. The van der Waals surface area contributed by atoms with Gasteiger partial charge in [-0.05, 0) is 86.9 Å². The van der Waals surface area contributed by atoms with Gasteiger partial charge in [0.25, 0.3) is 0 Å². The summed E-state index contributed by atoms with van der Waals surface area (Å²) < 4.78 is 0. The molecule has 0 saturated carbocycles. The third kappa shape index (κ3) is 9.19. The zero-order valence-corrected chi connectivity index (χ0v) is 25.9. The Morgan fingerprint density at radius 2 is 1.59 bits per heavy atom. The van der Waals surface area contributed by atoms with E-state index in [2.05, 4.69) is 149 Å². The van der Waals surface area contributed by atoms with Crippen LogP contribution in [-0.4, -0.2) is 13.0 Å². The van der Waals surface area contributed by atoms with E-state index in [4.69, 9.17) is 6.30 Å². The molecule has 0 aliphatic heterocycles. The molecule has 37 heavy (non-hydrogen) atoms. The molecule has 0 fully saturated rings. The first kappa shape index (κ1) is 30.9. The minimum absolute atomic E-state index is 0.315. The van der Waals surface area contributed by atoms with Crippen LogP contribution in [-0.2, 0) is 0 Å². The van der Waals surface area contributed by atoms with Gasteiger partial charge in [-0.25, -0.2) is 0 Å². The van der Waals surface area contributed by atoms with Gasteiger partial charge in [-0.2, -0.15) is 0 Å². The molecule has 2 aromatic carbocycles. The smallest absolute Gasteiger partial charge is 0.0119 e. The second kappa shape index (κ2) is 16.5. The van der Waals surface area contributed by atoms with E-state index in [1.807, 2.05) is 25.6 Å². The average molecular weight is 545 g/mol. The molecule has 0 amide bonds. The first-order valence-electron chi connectivity index (χ1n) is 13.0. The fourth-order valence-electron chi connectivity index (χ4n) is 3.86. The molecule has 1 aliphatic rings. The number of thioether (sulfide) groups is 1. The minimum atomic E-state index is -1.87. The van der Waals surface area contributed by atoms with Crippen molar-refractivity contribution in [2.75, 3.05) is 6.66 Å². The molecule has 0 nitrogen and oxygen atoms in total. The molecule has 194 valence electrons. The summed E-state index contributed by atoms with van der Waals surface area (Å²) in [5.74, 6) is 2.30. The summed E-state index contributed by atoms with van der Waals surface area (Å²) in [5.41, 5.74) is 0. The third-order valence-corrected chi connectivity index (χ3v) is 12.1. The van der Waals surface area contributed by atoms with Crippen molar-refractivity contribution in [3.8, 4) is 0 Å². The van der Waals surface area contributed by atoms with Gasteiger partial charge in [-0.15, -0.1) is 0 Å². The Labute approximate surface area is 232 Å². The van der Waals surface area contributed by atoms with Crippen LogP contribution >= 0.6 is 26.6 Å². The molecule has 0 bridgehead atoms. The Kier molecular flexibility index (Phi) is 13.8. The standard InChI is InChI=1S/C32H36P2S.C2H6/c1-6-15-30(34(5,26-7-2)31-18-13-8-9-14-19-31)23-20-27(3)35-32-24-21-29(22-25-32)33(4)28-16-11-10-12-17-28;1-2/h6-8,10-26H,5,9H2,1-4H3;1-2H3/b15-6-,26-7+,27-20+,30-23+;. The van der Waals surface area contributed by atoms with Crippen molar-refractivity contribution in [2.45, 2.75) is 45.9 Å². The van der Waals surface area contributed by atoms with Crippen LogP contribution in [0.5, 0.6) is 0 Å². The van der Waals surface area contributed by atoms with Gasteiger partial charge in [0.15, 0.2) is 0 Å². The van der Waals surface area contributed by atoms with E-state index in [1.165, 1.54) is 31.0 Å². The van der Waals surface area contributed by atoms with Crippen molar-refractivity contribution in [1.29, 1.82) is 0 Å². The average Bonchev–Trinajstić information content (AvgIpc) is 3.23. The zero-order chi connectivity index (χ0) is 27.1. The molecule has 0 spiro atoms. The first-order chi connectivity index (χ1) is 18.0. The van der Waals surface area contributed by atoms with Gasteiger partial charge in [0.05, 0.1) is 0 Å². The van der Waals surface area contributed by atoms with Crippen LogP contribution < -0.4 is 10.6 Å². The molecule has 3 rings (SSSR count). The summed E-state index contributed by atoms with van der Waals surface area (Å²) >= 11 is 1.82. The Balaban J connectivity index is 0.00000235. The molecule has 0 saturated heterocycles. The Morgan fingerprint density at radius 3 is 2.24 bits per heavy atom. The number of allylic oxidation sites excluding steroid dienone is 13. The summed E-state index contributed by atoms with van der Waals surface area (Å²) in [6.07, 6.45) is 27.8. The first-order valence-corrected chi connectivity index (χ1v) is 17.6. The molecule has 0 radical (unpaired) electrons. The van der Waals surface area contributed by atoms with E-state index in [9.17, 15) is 0 Å². The highest BCUT2D eigenvalue weighted by Gasteiger charge is 2.18. The predicted octanol–water partition coefficient (Wildman–Crippen LogP) is 10.6. The van der Waals surface area contributed by atoms with Gasteiger partial charge in [-0.3, -0.25) is 0 Å². The van der Waals surface area contributed by atoms with Gasteiger partial charge < -0.3 is 0 Å². The fraction of sp³-hybridized carbons (Fsp3) is 0.206. The highest BCUT2D eigenvalue weighted by Crippen LogP contribution is 2.63. The lowest BCUT2D eigenvalue weighted by atomic mass is 10.4. The second-order valence-electron chi connectivity index (χ2n) is 8.37. The maximum absolute atomic E-state index is 4.77. The van der Waals surface area contributed by atoms with E-state index < -0.39 is 6.89 Å². The van der Waals surface area contributed by atoms with Crippen molar-refractivity contribution in [3.05, 3.63) is 137 Å².